The fourth-order valence-corrected chi connectivity index (χ4v) is 11.3. The van der Waals surface area contributed by atoms with Gasteiger partial charge in [0.25, 0.3) is 0 Å². The van der Waals surface area contributed by atoms with E-state index in [0.29, 0.717) is 0 Å². The molecule has 0 N–H and O–H groups in total. The van der Waals surface area contributed by atoms with Gasteiger partial charge in [0.2, 0.25) is 0 Å². The Morgan fingerprint density at radius 3 is 1.55 bits per heavy atom. The average Bonchev–Trinajstić information content (AvgIpc) is 3.90. The maximum Gasteiger partial charge on any atom is 0.0361 e. The van der Waals surface area contributed by atoms with Gasteiger partial charge in [0.05, 0.1) is 0 Å². The Labute approximate surface area is 320 Å². The maximum absolute atomic E-state index is 2.52. The molecule has 0 saturated carbocycles. The zero-order valence-electron chi connectivity index (χ0n) is 29.7. The van der Waals surface area contributed by atoms with Crippen LogP contribution in [0.1, 0.15) is 0 Å². The van der Waals surface area contributed by atoms with Gasteiger partial charge in [-0.25, -0.2) is 0 Å². The minimum atomic E-state index is 1.25. The molecule has 12 aromatic carbocycles. The van der Waals surface area contributed by atoms with Gasteiger partial charge in [0.1, 0.15) is 0 Å². The average molecular weight is 711 g/mol. The lowest BCUT2D eigenvalue weighted by atomic mass is 9.84. The summed E-state index contributed by atoms with van der Waals surface area (Å²) in [5.74, 6) is 0. The first-order chi connectivity index (χ1) is 27.3. The third-order valence-electron chi connectivity index (χ3n) is 12.3. The third-order valence-corrected chi connectivity index (χ3v) is 13.5. The SMILES string of the molecule is c1ccc(-c2c3cc4c5ccccc5c5cccc(c3c(-c3ccccc3)c3c6cccc7c(-c8ccc9c(c8)sc8ccccc89)ccc(c23)c76)c54)cc1. The van der Waals surface area contributed by atoms with Crippen LogP contribution < -0.4 is 0 Å². The van der Waals surface area contributed by atoms with Crippen molar-refractivity contribution >= 4 is 107 Å². The summed E-state index contributed by atoms with van der Waals surface area (Å²) in [6, 6.07) is 68.3. The molecule has 0 aliphatic rings. The van der Waals surface area contributed by atoms with Gasteiger partial charge in [-0.2, -0.15) is 0 Å². The molecule has 0 saturated heterocycles. The second-order valence-electron chi connectivity index (χ2n) is 15.1. The van der Waals surface area contributed by atoms with Gasteiger partial charge in [-0.3, -0.25) is 0 Å². The van der Waals surface area contributed by atoms with E-state index < -0.39 is 0 Å². The van der Waals surface area contributed by atoms with Crippen LogP contribution in [-0.4, -0.2) is 0 Å². The number of hydrogen-bond acceptors (Lipinski definition) is 1. The Balaban J connectivity index is 1.25. The van der Waals surface area contributed by atoms with Crippen LogP contribution in [0.2, 0.25) is 0 Å². The Morgan fingerprint density at radius 2 is 0.764 bits per heavy atom. The second kappa shape index (κ2) is 10.9. The van der Waals surface area contributed by atoms with E-state index in [1.807, 2.05) is 11.3 Å². The normalized spacial score (nSPS) is 12.4. The van der Waals surface area contributed by atoms with Gasteiger partial charge < -0.3 is 0 Å². The fraction of sp³-hybridized carbons (Fsp3) is 0. The Bertz CT molecular complexity index is 3680. The Morgan fingerprint density at radius 1 is 0.236 bits per heavy atom. The Hall–Kier alpha value is -6.80. The summed E-state index contributed by atoms with van der Waals surface area (Å²) in [5.41, 5.74) is 7.68. The summed E-state index contributed by atoms with van der Waals surface area (Å²) >= 11 is 1.89. The van der Waals surface area contributed by atoms with Gasteiger partial charge in [0, 0.05) is 20.2 Å². The van der Waals surface area contributed by atoms with E-state index >= 15 is 0 Å². The van der Waals surface area contributed by atoms with Crippen molar-refractivity contribution < 1.29 is 0 Å². The lowest BCUT2D eigenvalue weighted by molar-refractivity contribution is 1.68. The highest BCUT2D eigenvalue weighted by Crippen LogP contribution is 2.55. The van der Waals surface area contributed by atoms with Gasteiger partial charge in [0.15, 0.2) is 0 Å². The van der Waals surface area contributed by atoms with Crippen LogP contribution in [-0.2, 0) is 0 Å². The van der Waals surface area contributed by atoms with E-state index in [2.05, 4.69) is 182 Å². The van der Waals surface area contributed by atoms with E-state index in [0.717, 1.165) is 0 Å². The highest BCUT2D eigenvalue weighted by molar-refractivity contribution is 7.25. The topological polar surface area (TPSA) is 0 Å². The third kappa shape index (κ3) is 3.90. The summed E-state index contributed by atoms with van der Waals surface area (Å²) in [6.45, 7) is 0. The zero-order valence-corrected chi connectivity index (χ0v) is 30.5. The molecular weight excluding hydrogens is 681 g/mol. The largest absolute Gasteiger partial charge is 0.135 e. The number of thiophene rings is 1. The highest BCUT2D eigenvalue weighted by Gasteiger charge is 2.27. The monoisotopic (exact) mass is 710 g/mol. The van der Waals surface area contributed by atoms with Crippen LogP contribution >= 0.6 is 11.3 Å². The molecule has 1 aromatic heterocycles. The summed E-state index contributed by atoms with van der Waals surface area (Å²) < 4.78 is 2.67. The van der Waals surface area contributed by atoms with E-state index in [1.165, 1.54) is 129 Å². The number of fused-ring (bicyclic) bond motifs is 11. The highest BCUT2D eigenvalue weighted by atomic mass is 32.1. The summed E-state index contributed by atoms with van der Waals surface area (Å²) in [6.07, 6.45) is 0. The molecule has 0 aliphatic carbocycles. The lowest BCUT2D eigenvalue weighted by Crippen LogP contribution is -1.91. The minimum Gasteiger partial charge on any atom is -0.135 e. The molecule has 0 nitrogen and oxygen atoms in total. The van der Waals surface area contributed by atoms with Crippen molar-refractivity contribution in [2.75, 3.05) is 0 Å². The molecule has 252 valence electrons. The van der Waals surface area contributed by atoms with Crippen LogP contribution in [0.5, 0.6) is 0 Å². The van der Waals surface area contributed by atoms with Gasteiger partial charge >= 0.3 is 0 Å². The van der Waals surface area contributed by atoms with Crippen molar-refractivity contribution in [2.24, 2.45) is 0 Å². The Kier molecular flexibility index (Phi) is 5.86. The number of hydrogen-bond donors (Lipinski definition) is 0. The van der Waals surface area contributed by atoms with Crippen LogP contribution in [0.3, 0.4) is 0 Å². The molecule has 0 bridgehead atoms. The molecular formula is C54H30S. The molecule has 13 aromatic rings. The molecule has 1 heterocycles. The van der Waals surface area contributed by atoms with Gasteiger partial charge in [-0.15, -0.1) is 11.3 Å². The molecule has 0 fully saturated rings. The van der Waals surface area contributed by atoms with Crippen molar-refractivity contribution in [3.05, 3.63) is 182 Å². The van der Waals surface area contributed by atoms with Crippen LogP contribution in [0, 0.1) is 0 Å². The van der Waals surface area contributed by atoms with Crippen molar-refractivity contribution in [3.8, 4) is 33.4 Å². The molecule has 0 amide bonds. The zero-order chi connectivity index (χ0) is 35.8. The summed E-state index contributed by atoms with van der Waals surface area (Å²) in [5, 5.41) is 21.3. The molecule has 0 spiro atoms. The minimum absolute atomic E-state index is 1.25. The van der Waals surface area contributed by atoms with E-state index in [-0.39, 0.29) is 0 Å². The molecule has 0 radical (unpaired) electrons. The molecule has 0 unspecified atom stereocenters. The van der Waals surface area contributed by atoms with Crippen LogP contribution in [0.15, 0.2) is 182 Å². The molecule has 55 heavy (non-hydrogen) atoms. The molecule has 0 aliphatic heterocycles. The first-order valence-corrected chi connectivity index (χ1v) is 19.9. The van der Waals surface area contributed by atoms with E-state index in [4.69, 9.17) is 0 Å². The van der Waals surface area contributed by atoms with Crippen molar-refractivity contribution in [2.45, 2.75) is 0 Å². The second-order valence-corrected chi connectivity index (χ2v) is 16.1. The predicted octanol–water partition coefficient (Wildman–Crippen LogP) is 16.0. The van der Waals surface area contributed by atoms with Crippen molar-refractivity contribution in [3.63, 3.8) is 0 Å². The lowest BCUT2D eigenvalue weighted by Gasteiger charge is -2.19. The van der Waals surface area contributed by atoms with Gasteiger partial charge in [-0.1, -0.05) is 164 Å². The van der Waals surface area contributed by atoms with E-state index in [9.17, 15) is 0 Å². The standard InChI is InChI=1S/C54H30S/c1-3-13-31(14-4-1)48-45-30-44-36-18-8-7-17-35(36)40-21-12-22-41(51(40)44)52(45)49(32-15-5-2-6-16-32)54-42-23-11-20-39-34(27-28-43(50(39)42)53(48)54)33-25-26-38-37-19-9-10-24-46(37)55-47(38)29-33/h1-30H. The molecule has 0 atom stereocenters. The summed E-state index contributed by atoms with van der Waals surface area (Å²) in [7, 11) is 0. The predicted molar refractivity (Wildman–Crippen MR) is 241 cm³/mol. The molecule has 13 rings (SSSR count). The van der Waals surface area contributed by atoms with Crippen molar-refractivity contribution in [1.82, 2.24) is 0 Å². The van der Waals surface area contributed by atoms with Gasteiger partial charge in [-0.05, 0) is 127 Å². The summed E-state index contributed by atoms with van der Waals surface area (Å²) in [4.78, 5) is 0. The molecule has 1 heteroatoms. The first-order valence-electron chi connectivity index (χ1n) is 19.1. The maximum atomic E-state index is 2.52. The van der Waals surface area contributed by atoms with E-state index in [1.54, 1.807) is 0 Å². The fourth-order valence-electron chi connectivity index (χ4n) is 10.2. The number of rotatable bonds is 3. The first kappa shape index (κ1) is 29.6. The van der Waals surface area contributed by atoms with Crippen LogP contribution in [0.4, 0.5) is 0 Å². The van der Waals surface area contributed by atoms with Crippen LogP contribution in [0.25, 0.3) is 129 Å². The van der Waals surface area contributed by atoms with Crippen molar-refractivity contribution in [1.29, 1.82) is 0 Å². The number of benzene rings is 10. The smallest absolute Gasteiger partial charge is 0.0361 e. The quantitative estimate of drug-likeness (QED) is 0.160.